The van der Waals surface area contributed by atoms with Crippen LogP contribution in [0.2, 0.25) is 0 Å². The van der Waals surface area contributed by atoms with E-state index in [0.717, 1.165) is 16.3 Å². The minimum Gasteiger partial charge on any atom is -0.466 e. The number of nitrogens with one attached hydrogen (secondary N) is 1. The Morgan fingerprint density at radius 3 is 2.51 bits per heavy atom. The molecule has 3 aromatic rings. The first kappa shape index (κ1) is 27.7. The van der Waals surface area contributed by atoms with Gasteiger partial charge >= 0.3 is 0 Å². The summed E-state index contributed by atoms with van der Waals surface area (Å²) in [6, 6.07) is 19.7. The molecule has 1 aliphatic rings. The predicted molar refractivity (Wildman–Crippen MR) is 154 cm³/mol. The Morgan fingerprint density at radius 1 is 1.11 bits per heavy atom. The number of hydrogen-bond donors (Lipinski definition) is 1. The first-order valence-electron chi connectivity index (χ1n) is 11.0. The number of methoxy groups -OCH3 is 1. The number of benzene rings is 3. The summed E-state index contributed by atoms with van der Waals surface area (Å²) in [5, 5.41) is 4.35. The van der Waals surface area contributed by atoms with Crippen molar-refractivity contribution in [3.63, 3.8) is 0 Å². The highest BCUT2D eigenvalue weighted by atomic mass is 35.6. The van der Waals surface area contributed by atoms with Crippen molar-refractivity contribution in [2.24, 2.45) is 0 Å². The van der Waals surface area contributed by atoms with Gasteiger partial charge in [0.1, 0.15) is 10.1 Å². The average molecular weight is 596 g/mol. The average Bonchev–Trinajstić information content (AvgIpc) is 3.14. The third-order valence-corrected chi connectivity index (χ3v) is 7.39. The lowest BCUT2D eigenvalue weighted by Gasteiger charge is -2.26. The van der Waals surface area contributed by atoms with E-state index in [1.165, 1.54) is 16.7 Å². The number of amides is 2. The van der Waals surface area contributed by atoms with Crippen LogP contribution >= 0.6 is 58.8 Å². The molecule has 3 aromatic carbocycles. The molecule has 2 amide bonds. The van der Waals surface area contributed by atoms with Crippen molar-refractivity contribution in [2.45, 2.75) is 10.0 Å². The lowest BCUT2D eigenvalue weighted by molar-refractivity contribution is -0.122. The number of ether oxygens (including phenoxy) is 2. The van der Waals surface area contributed by atoms with Gasteiger partial charge in [0.2, 0.25) is 10.0 Å². The first-order chi connectivity index (χ1) is 17.7. The minimum absolute atomic E-state index is 0.167. The Balaban J connectivity index is 1.48. The topological polar surface area (TPSA) is 67.9 Å². The van der Waals surface area contributed by atoms with Crippen LogP contribution in [0.25, 0.3) is 16.8 Å². The van der Waals surface area contributed by atoms with Crippen LogP contribution in [0.4, 0.5) is 0 Å². The van der Waals surface area contributed by atoms with E-state index in [1.54, 1.807) is 49.6 Å². The molecule has 0 saturated carbocycles. The molecule has 11 heteroatoms. The molecular weight excluding hydrogens is 575 g/mol. The number of carbonyl (C=O) groups is 2. The lowest BCUT2D eigenvalue weighted by Crippen LogP contribution is -2.47. The number of thiocarbonyl (C=S) groups is 1. The summed E-state index contributed by atoms with van der Waals surface area (Å²) in [6.07, 6.45) is 0.469. The van der Waals surface area contributed by atoms with Gasteiger partial charge in [-0.3, -0.25) is 14.5 Å². The molecule has 37 heavy (non-hydrogen) atoms. The zero-order chi connectivity index (χ0) is 26.6. The summed E-state index contributed by atoms with van der Waals surface area (Å²) in [5.41, 5.74) is 1.18. The molecule has 0 spiro atoms. The van der Waals surface area contributed by atoms with Gasteiger partial charge in [0.25, 0.3) is 11.8 Å². The van der Waals surface area contributed by atoms with Gasteiger partial charge < -0.3 is 14.8 Å². The quantitative estimate of drug-likeness (QED) is 0.145. The second kappa shape index (κ2) is 12.0. The zero-order valence-electron chi connectivity index (χ0n) is 19.5. The molecule has 0 radical (unpaired) electrons. The maximum absolute atomic E-state index is 13.1. The molecule has 1 N–H and O–H groups in total. The van der Waals surface area contributed by atoms with E-state index in [9.17, 15) is 9.59 Å². The largest absolute Gasteiger partial charge is 0.466 e. The molecule has 1 heterocycles. The Labute approximate surface area is 238 Å². The van der Waals surface area contributed by atoms with Crippen LogP contribution in [0.1, 0.15) is 15.9 Å². The molecule has 1 aliphatic heterocycles. The molecule has 6 nitrogen and oxygen atoms in total. The summed E-state index contributed by atoms with van der Waals surface area (Å²) in [5.74, 6) is -0.251. The molecule has 0 aliphatic carbocycles. The molecular formula is C26H21Cl3N2O4S2. The number of halogens is 3. The second-order valence-corrected chi connectivity index (χ2v) is 12.0. The van der Waals surface area contributed by atoms with E-state index < -0.39 is 15.9 Å². The van der Waals surface area contributed by atoms with Crippen LogP contribution in [0.3, 0.4) is 0 Å². The molecule has 1 atom stereocenters. The summed E-state index contributed by atoms with van der Waals surface area (Å²) >= 11 is 25.0. The van der Waals surface area contributed by atoms with E-state index in [0.29, 0.717) is 33.7 Å². The number of thioether (sulfide) groups is 1. The molecule has 1 unspecified atom stereocenters. The lowest BCUT2D eigenvalue weighted by atomic mass is 10.0. The number of nitrogens with zero attached hydrogens (tertiary/aromatic N) is 1. The molecule has 0 bridgehead atoms. The van der Waals surface area contributed by atoms with E-state index in [-0.39, 0.29) is 5.91 Å². The van der Waals surface area contributed by atoms with Crippen molar-refractivity contribution in [1.82, 2.24) is 10.2 Å². The van der Waals surface area contributed by atoms with Crippen LogP contribution in [0.15, 0.2) is 71.6 Å². The van der Waals surface area contributed by atoms with Crippen molar-refractivity contribution in [3.8, 4) is 5.75 Å². The van der Waals surface area contributed by atoms with Crippen LogP contribution in [-0.4, -0.2) is 51.3 Å². The van der Waals surface area contributed by atoms with E-state index in [4.69, 9.17) is 56.5 Å². The second-order valence-electron chi connectivity index (χ2n) is 7.93. The summed E-state index contributed by atoms with van der Waals surface area (Å²) in [7, 11) is 1.57. The van der Waals surface area contributed by atoms with Crippen molar-refractivity contribution in [1.29, 1.82) is 0 Å². The normalized spacial score (nSPS) is 15.9. The summed E-state index contributed by atoms with van der Waals surface area (Å²) in [6.45, 7) is 0.793. The van der Waals surface area contributed by atoms with E-state index >= 15 is 0 Å². The minimum atomic E-state index is -1.95. The zero-order valence-corrected chi connectivity index (χ0v) is 23.4. The number of rotatable bonds is 8. The number of fused-ring (bicyclic) bond motifs is 1. The number of alkyl halides is 3. The fourth-order valence-electron chi connectivity index (χ4n) is 3.60. The van der Waals surface area contributed by atoms with Crippen molar-refractivity contribution < 1.29 is 19.1 Å². The highest BCUT2D eigenvalue weighted by molar-refractivity contribution is 8.26. The highest BCUT2D eigenvalue weighted by Gasteiger charge is 2.37. The highest BCUT2D eigenvalue weighted by Crippen LogP contribution is 2.34. The number of hydrogen-bond acceptors (Lipinski definition) is 6. The molecule has 1 fully saturated rings. The van der Waals surface area contributed by atoms with Gasteiger partial charge in [0.15, 0.2) is 0 Å². The van der Waals surface area contributed by atoms with Crippen LogP contribution in [0.5, 0.6) is 5.75 Å². The third kappa shape index (κ3) is 6.76. The van der Waals surface area contributed by atoms with Gasteiger partial charge in [-0.1, -0.05) is 107 Å². The SMILES string of the molecule is COCCN1C(=O)C(=Cc2ccc(OC(NC(=O)c3cccc4ccccc34)C(Cl)(Cl)Cl)cc2)SC1=S. The van der Waals surface area contributed by atoms with Gasteiger partial charge in [0, 0.05) is 12.7 Å². The fraction of sp³-hybridized carbons (Fsp3) is 0.192. The van der Waals surface area contributed by atoms with Gasteiger partial charge in [0.05, 0.1) is 18.1 Å². The predicted octanol–water partition coefficient (Wildman–Crippen LogP) is 6.19. The Bertz CT molecular complexity index is 1350. The summed E-state index contributed by atoms with van der Waals surface area (Å²) < 4.78 is 9.42. The maximum atomic E-state index is 13.1. The fourth-order valence-corrected chi connectivity index (χ4v) is 5.21. The number of carbonyl (C=O) groups excluding carboxylic acids is 2. The third-order valence-electron chi connectivity index (χ3n) is 5.42. The standard InChI is InChI=1S/C26H21Cl3N2O4S2/c1-34-14-13-31-23(33)21(37-25(31)36)15-16-9-11-18(12-10-16)35-24(26(27,28)29)30-22(32)20-8-4-6-17-5-2-3-7-19(17)20/h2-12,15,24H,13-14H2,1H3,(H,30,32). The molecule has 0 aromatic heterocycles. The van der Waals surface area contributed by atoms with Crippen LogP contribution in [0, 0.1) is 0 Å². The maximum Gasteiger partial charge on any atom is 0.266 e. The van der Waals surface area contributed by atoms with Gasteiger partial charge in [-0.2, -0.15) is 0 Å². The monoisotopic (exact) mass is 594 g/mol. The van der Waals surface area contributed by atoms with Crippen LogP contribution < -0.4 is 10.1 Å². The molecule has 192 valence electrons. The first-order valence-corrected chi connectivity index (χ1v) is 13.4. The molecule has 4 rings (SSSR count). The van der Waals surface area contributed by atoms with E-state index in [1.807, 2.05) is 30.3 Å². The molecule has 1 saturated heterocycles. The smallest absolute Gasteiger partial charge is 0.266 e. The van der Waals surface area contributed by atoms with E-state index in [2.05, 4.69) is 5.32 Å². The summed E-state index contributed by atoms with van der Waals surface area (Å²) in [4.78, 5) is 27.7. The Hall–Kier alpha value is -2.33. The van der Waals surface area contributed by atoms with Crippen molar-refractivity contribution in [2.75, 3.05) is 20.3 Å². The van der Waals surface area contributed by atoms with Crippen LogP contribution in [-0.2, 0) is 9.53 Å². The Morgan fingerprint density at radius 2 is 1.81 bits per heavy atom. The van der Waals surface area contributed by atoms with Gasteiger partial charge in [-0.05, 0) is 40.6 Å². The van der Waals surface area contributed by atoms with Gasteiger partial charge in [-0.25, -0.2) is 0 Å². The Kier molecular flexibility index (Phi) is 9.00. The van der Waals surface area contributed by atoms with Crippen molar-refractivity contribution >= 4 is 91.8 Å². The van der Waals surface area contributed by atoms with Gasteiger partial charge in [-0.15, -0.1) is 0 Å². The van der Waals surface area contributed by atoms with Crippen molar-refractivity contribution in [3.05, 3.63) is 82.8 Å².